The molecule has 5 heteroatoms. The maximum absolute atomic E-state index is 11.7. The summed E-state index contributed by atoms with van der Waals surface area (Å²) in [6, 6.07) is 0. The van der Waals surface area contributed by atoms with Crippen LogP contribution in [0.5, 0.6) is 0 Å². The predicted octanol–water partition coefficient (Wildman–Crippen LogP) is 1.14. The number of allylic oxidation sites excluding steroid dienone is 1. The van der Waals surface area contributed by atoms with Crippen molar-refractivity contribution in [3.8, 4) is 0 Å². The van der Waals surface area contributed by atoms with Crippen LogP contribution in [0, 0.1) is 0 Å². The summed E-state index contributed by atoms with van der Waals surface area (Å²) >= 11 is 1.44. The molecular weight excluding hydrogens is 224 g/mol. The Morgan fingerprint density at radius 2 is 2.00 bits per heavy atom. The molecule has 0 aliphatic carbocycles. The van der Waals surface area contributed by atoms with Crippen LogP contribution in [0.25, 0.3) is 0 Å². The molecular formula is C11H16N2O2S. The van der Waals surface area contributed by atoms with Crippen LogP contribution in [0.15, 0.2) is 32.3 Å². The van der Waals surface area contributed by atoms with Gasteiger partial charge < -0.3 is 4.57 Å². The van der Waals surface area contributed by atoms with Crippen LogP contribution in [-0.4, -0.2) is 14.9 Å². The van der Waals surface area contributed by atoms with E-state index in [1.165, 1.54) is 28.9 Å². The van der Waals surface area contributed by atoms with Crippen molar-refractivity contribution in [2.75, 3.05) is 5.75 Å². The summed E-state index contributed by atoms with van der Waals surface area (Å²) in [5.74, 6) is 0.746. The Labute approximate surface area is 98.6 Å². The topological polar surface area (TPSA) is 44.0 Å². The van der Waals surface area contributed by atoms with E-state index in [1.54, 1.807) is 13.2 Å². The maximum Gasteiger partial charge on any atom is 0.330 e. The lowest BCUT2D eigenvalue weighted by molar-refractivity contribution is 0.662. The molecule has 0 spiro atoms. The molecule has 0 aliphatic heterocycles. The molecule has 1 aromatic rings. The Morgan fingerprint density at radius 1 is 1.38 bits per heavy atom. The predicted molar refractivity (Wildman–Crippen MR) is 67.1 cm³/mol. The van der Waals surface area contributed by atoms with E-state index in [0.29, 0.717) is 4.90 Å². The first-order chi connectivity index (χ1) is 7.43. The summed E-state index contributed by atoms with van der Waals surface area (Å²) in [6.07, 6.45) is 3.64. The second-order valence-electron chi connectivity index (χ2n) is 3.84. The highest BCUT2D eigenvalue weighted by atomic mass is 32.2. The summed E-state index contributed by atoms with van der Waals surface area (Å²) in [5, 5.41) is 0. The summed E-state index contributed by atoms with van der Waals surface area (Å²) in [5.41, 5.74) is 0.695. The van der Waals surface area contributed by atoms with Gasteiger partial charge in [0.25, 0.3) is 5.56 Å². The molecule has 0 saturated carbocycles. The summed E-state index contributed by atoms with van der Waals surface area (Å²) < 4.78 is 2.55. The molecule has 1 rings (SSSR count). The van der Waals surface area contributed by atoms with Gasteiger partial charge in [-0.2, -0.15) is 0 Å². The number of aryl methyl sites for hydroxylation is 1. The van der Waals surface area contributed by atoms with Crippen molar-refractivity contribution in [3.05, 3.63) is 38.7 Å². The molecule has 0 amide bonds. The third-order valence-electron chi connectivity index (χ3n) is 2.15. The summed E-state index contributed by atoms with van der Waals surface area (Å²) in [6.45, 7) is 4.03. The zero-order valence-corrected chi connectivity index (χ0v) is 10.8. The van der Waals surface area contributed by atoms with Gasteiger partial charge in [0, 0.05) is 26.0 Å². The standard InChI is InChI=1S/C11H16N2O2S/c1-8(2)5-6-16-9-7-12(3)11(15)13(4)10(9)14/h5,7H,6H2,1-4H3. The van der Waals surface area contributed by atoms with Crippen LogP contribution in [0.3, 0.4) is 0 Å². The number of hydrogen-bond acceptors (Lipinski definition) is 3. The van der Waals surface area contributed by atoms with E-state index in [4.69, 9.17) is 0 Å². The zero-order valence-electron chi connectivity index (χ0n) is 9.98. The van der Waals surface area contributed by atoms with Crippen molar-refractivity contribution < 1.29 is 0 Å². The highest BCUT2D eigenvalue weighted by Crippen LogP contribution is 2.12. The fourth-order valence-electron chi connectivity index (χ4n) is 1.17. The first-order valence-electron chi connectivity index (χ1n) is 4.96. The van der Waals surface area contributed by atoms with Crippen LogP contribution in [0.4, 0.5) is 0 Å². The largest absolute Gasteiger partial charge is 0.330 e. The highest BCUT2D eigenvalue weighted by molar-refractivity contribution is 7.99. The molecule has 0 saturated heterocycles. The molecule has 0 unspecified atom stereocenters. The lowest BCUT2D eigenvalue weighted by Crippen LogP contribution is -2.37. The monoisotopic (exact) mass is 240 g/mol. The highest BCUT2D eigenvalue weighted by Gasteiger charge is 2.05. The van der Waals surface area contributed by atoms with Crippen molar-refractivity contribution in [2.45, 2.75) is 18.7 Å². The third-order valence-corrected chi connectivity index (χ3v) is 3.07. The molecule has 0 atom stereocenters. The number of nitrogens with zero attached hydrogens (tertiary/aromatic N) is 2. The van der Waals surface area contributed by atoms with Gasteiger partial charge in [-0.15, -0.1) is 11.8 Å². The Morgan fingerprint density at radius 3 is 2.56 bits per heavy atom. The Balaban J connectivity index is 3.03. The first kappa shape index (κ1) is 12.8. The van der Waals surface area contributed by atoms with E-state index in [-0.39, 0.29) is 11.2 Å². The summed E-state index contributed by atoms with van der Waals surface area (Å²) in [7, 11) is 3.14. The van der Waals surface area contributed by atoms with Crippen molar-refractivity contribution in [1.29, 1.82) is 0 Å². The maximum atomic E-state index is 11.7. The fraction of sp³-hybridized carbons (Fsp3) is 0.455. The second-order valence-corrected chi connectivity index (χ2v) is 4.91. The van der Waals surface area contributed by atoms with Crippen LogP contribution in [-0.2, 0) is 14.1 Å². The smallest absolute Gasteiger partial charge is 0.302 e. The normalized spacial score (nSPS) is 10.2. The lowest BCUT2D eigenvalue weighted by atomic mass is 10.3. The number of rotatable bonds is 3. The van der Waals surface area contributed by atoms with Gasteiger partial charge in [0.05, 0.1) is 4.90 Å². The van der Waals surface area contributed by atoms with Gasteiger partial charge in [0.15, 0.2) is 0 Å². The first-order valence-corrected chi connectivity index (χ1v) is 5.95. The van der Waals surface area contributed by atoms with E-state index < -0.39 is 0 Å². The summed E-state index contributed by atoms with van der Waals surface area (Å²) in [4.78, 5) is 23.8. The molecule has 1 heterocycles. The zero-order chi connectivity index (χ0) is 12.3. The number of hydrogen-bond donors (Lipinski definition) is 0. The fourth-order valence-corrected chi connectivity index (χ4v) is 2.26. The van der Waals surface area contributed by atoms with Gasteiger partial charge >= 0.3 is 5.69 Å². The Hall–Kier alpha value is -1.23. The molecule has 88 valence electrons. The van der Waals surface area contributed by atoms with E-state index in [9.17, 15) is 9.59 Å². The van der Waals surface area contributed by atoms with Crippen molar-refractivity contribution in [2.24, 2.45) is 14.1 Å². The van der Waals surface area contributed by atoms with Gasteiger partial charge in [-0.1, -0.05) is 11.6 Å². The average Bonchev–Trinajstić information content (AvgIpc) is 2.22. The molecule has 0 fully saturated rings. The van der Waals surface area contributed by atoms with Gasteiger partial charge in [-0.3, -0.25) is 9.36 Å². The number of aromatic nitrogens is 2. The van der Waals surface area contributed by atoms with Gasteiger partial charge in [-0.25, -0.2) is 4.79 Å². The van der Waals surface area contributed by atoms with Gasteiger partial charge in [-0.05, 0) is 13.8 Å². The van der Waals surface area contributed by atoms with Crippen LogP contribution >= 0.6 is 11.8 Å². The van der Waals surface area contributed by atoms with Gasteiger partial charge in [0.2, 0.25) is 0 Å². The number of thioether (sulfide) groups is 1. The molecule has 0 N–H and O–H groups in total. The minimum absolute atomic E-state index is 0.227. The van der Waals surface area contributed by atoms with Gasteiger partial charge in [0.1, 0.15) is 0 Å². The quantitative estimate of drug-likeness (QED) is 0.588. The van der Waals surface area contributed by atoms with Crippen molar-refractivity contribution >= 4 is 11.8 Å². The molecule has 0 aromatic carbocycles. The average molecular weight is 240 g/mol. The Bertz CT molecular complexity index is 522. The Kier molecular flexibility index (Phi) is 4.18. The molecule has 0 aliphatic rings. The van der Waals surface area contributed by atoms with E-state index in [0.717, 1.165) is 10.3 Å². The van der Waals surface area contributed by atoms with Crippen LogP contribution in [0.1, 0.15) is 13.8 Å². The molecule has 16 heavy (non-hydrogen) atoms. The molecule has 4 nitrogen and oxygen atoms in total. The van der Waals surface area contributed by atoms with E-state index in [2.05, 4.69) is 6.08 Å². The minimum Gasteiger partial charge on any atom is -0.302 e. The molecule has 1 aromatic heterocycles. The van der Waals surface area contributed by atoms with Crippen LogP contribution < -0.4 is 11.2 Å². The van der Waals surface area contributed by atoms with Crippen LogP contribution in [0.2, 0.25) is 0 Å². The molecule has 0 radical (unpaired) electrons. The second kappa shape index (κ2) is 5.21. The van der Waals surface area contributed by atoms with E-state index >= 15 is 0 Å². The van der Waals surface area contributed by atoms with Crippen molar-refractivity contribution in [1.82, 2.24) is 9.13 Å². The third kappa shape index (κ3) is 2.88. The lowest BCUT2D eigenvalue weighted by Gasteiger charge is -2.05. The SMILES string of the molecule is CC(C)=CCSc1cn(C)c(=O)n(C)c1=O. The van der Waals surface area contributed by atoms with Crippen molar-refractivity contribution in [3.63, 3.8) is 0 Å². The molecule has 0 bridgehead atoms. The minimum atomic E-state index is -0.295. The van der Waals surface area contributed by atoms with E-state index in [1.807, 2.05) is 13.8 Å².